The van der Waals surface area contributed by atoms with Gasteiger partial charge in [-0.05, 0) is 44.7 Å². The van der Waals surface area contributed by atoms with E-state index in [0.717, 1.165) is 18.9 Å². The van der Waals surface area contributed by atoms with E-state index in [-0.39, 0.29) is 31.8 Å². The van der Waals surface area contributed by atoms with Gasteiger partial charge in [0.2, 0.25) is 47.3 Å². The topological polar surface area (TPSA) is 445 Å². The van der Waals surface area contributed by atoms with Crippen LogP contribution in [0.1, 0.15) is 44.6 Å². The van der Waals surface area contributed by atoms with Crippen molar-refractivity contribution in [1.82, 2.24) is 47.9 Å². The molecule has 27 nitrogen and oxygen atoms in total. The Bertz CT molecular complexity index is 1860. The Morgan fingerprint density at radius 3 is 1.83 bits per heavy atom. The molecule has 1 saturated heterocycles. The molecule has 1 aromatic rings. The van der Waals surface area contributed by atoms with Crippen LogP contribution in [0.2, 0.25) is 0 Å². The van der Waals surface area contributed by atoms with Crippen LogP contribution >= 0.6 is 0 Å². The first-order valence-electron chi connectivity index (χ1n) is 20.3. The number of amides is 8. The first kappa shape index (κ1) is 54.2. The average Bonchev–Trinajstić information content (AvgIpc) is 3.81. The third-order valence-corrected chi connectivity index (χ3v) is 9.44. The van der Waals surface area contributed by atoms with Crippen molar-refractivity contribution in [3.8, 4) is 0 Å². The molecule has 1 aliphatic heterocycles. The zero-order valence-electron chi connectivity index (χ0n) is 35.4. The van der Waals surface area contributed by atoms with Crippen LogP contribution in [0.5, 0.6) is 0 Å². The lowest BCUT2D eigenvalue weighted by atomic mass is 10.0. The number of benzene rings is 1. The van der Waals surface area contributed by atoms with Crippen LogP contribution in [0, 0.1) is 0 Å². The maximum atomic E-state index is 13.5. The summed E-state index contributed by atoms with van der Waals surface area (Å²) in [7, 11) is 0. The van der Waals surface area contributed by atoms with Crippen LogP contribution in [0.25, 0.3) is 0 Å². The fourth-order valence-electron chi connectivity index (χ4n) is 6.04. The maximum absolute atomic E-state index is 13.5. The van der Waals surface area contributed by atoms with Gasteiger partial charge >= 0.3 is 11.9 Å². The fraction of sp³-hybridized carbons (Fsp3) is 0.553. The molecule has 0 unspecified atom stereocenters. The number of nitrogens with zero attached hydrogens (tertiary/aromatic N) is 1. The van der Waals surface area contributed by atoms with Gasteiger partial charge in [0.25, 0.3) is 0 Å². The summed E-state index contributed by atoms with van der Waals surface area (Å²) in [6.45, 7) is -2.02. The normalized spacial score (nSPS) is 16.3. The lowest BCUT2D eigenvalue weighted by Gasteiger charge is -2.25. The van der Waals surface area contributed by atoms with Crippen LogP contribution in [-0.4, -0.2) is 178 Å². The zero-order chi connectivity index (χ0) is 48.6. The number of aliphatic hydroxyl groups excluding tert-OH is 3. The fourth-order valence-corrected chi connectivity index (χ4v) is 6.04. The van der Waals surface area contributed by atoms with Crippen LogP contribution in [0.15, 0.2) is 35.3 Å². The van der Waals surface area contributed by atoms with Crippen molar-refractivity contribution in [2.75, 3.05) is 39.4 Å². The first-order valence-corrected chi connectivity index (χ1v) is 20.3. The summed E-state index contributed by atoms with van der Waals surface area (Å²) < 4.78 is 0. The van der Waals surface area contributed by atoms with Crippen molar-refractivity contribution in [1.29, 1.82) is 0 Å². The van der Waals surface area contributed by atoms with E-state index < -0.39 is 140 Å². The Kier molecular flexibility index (Phi) is 23.3. The summed E-state index contributed by atoms with van der Waals surface area (Å²) in [5.41, 5.74) is 11.4. The van der Waals surface area contributed by atoms with Gasteiger partial charge in [-0.15, -0.1) is 0 Å². The molecule has 0 radical (unpaired) electrons. The van der Waals surface area contributed by atoms with Gasteiger partial charge in [0.05, 0.1) is 44.9 Å². The number of nitrogens with two attached hydrogens (primary N) is 2. The van der Waals surface area contributed by atoms with Crippen LogP contribution in [0.4, 0.5) is 0 Å². The third kappa shape index (κ3) is 20.0. The van der Waals surface area contributed by atoms with Gasteiger partial charge in [0.15, 0.2) is 5.96 Å². The van der Waals surface area contributed by atoms with E-state index in [1.165, 1.54) is 0 Å². The van der Waals surface area contributed by atoms with Crippen molar-refractivity contribution in [2.45, 2.75) is 93.8 Å². The molecule has 0 aromatic heterocycles. The standard InChI is InChI=1S/C38H58N12O15/c1-19(53)30(50-28(55)16-44-32(59)23(13-20-7-3-2-4-8-20)47-33(60)21-9-5-11-41-21)36(63)46-22(10-6-12-42-38(39)40)31(58)43-15-27(54)45-24(14-29(56)57)34(61)48-25(17-51)35(62)49-26(18-52)37(64)65/h2-4,7-8,19,21-26,30,41,51-53H,5-6,9-18H2,1H3,(H,43,58)(H,44,59)(H,45,54)(H,46,63)(H,47,60)(H,48,61)(H,49,62)(H,50,55)(H,56,57)(H,64,65)(H4,39,40,42)/t19-,21+,22+,23+,24+,25+,26+,30+/m1/s1. The summed E-state index contributed by atoms with van der Waals surface area (Å²) in [4.78, 5) is 131. The molecule has 0 saturated carbocycles. The number of nitrogens with one attached hydrogen (secondary N) is 9. The Labute approximate surface area is 371 Å². The number of guanidine groups is 1. The maximum Gasteiger partial charge on any atom is 0.328 e. The van der Waals surface area contributed by atoms with Crippen molar-refractivity contribution >= 4 is 65.2 Å². The molecule has 0 aliphatic carbocycles. The number of aliphatic hydroxyl groups is 3. The van der Waals surface area contributed by atoms with Gasteiger partial charge in [-0.3, -0.25) is 48.1 Å². The summed E-state index contributed by atoms with van der Waals surface area (Å²) in [5.74, 6) is -11.4. The lowest BCUT2D eigenvalue weighted by molar-refractivity contribution is -0.144. The highest BCUT2D eigenvalue weighted by Gasteiger charge is 2.33. The summed E-state index contributed by atoms with van der Waals surface area (Å²) in [5, 5.41) is 68.4. The molecule has 0 spiro atoms. The molecule has 8 amide bonds. The predicted octanol–water partition coefficient (Wildman–Crippen LogP) is -7.90. The van der Waals surface area contributed by atoms with E-state index in [4.69, 9.17) is 21.7 Å². The lowest BCUT2D eigenvalue weighted by Crippen LogP contribution is -2.59. The SMILES string of the molecule is C[C@@H](O)[C@H](NC(=O)CNC(=O)[C@H](Cc1ccccc1)NC(=O)[C@@H]1CCCN1)C(=O)N[C@@H](CCCN=C(N)N)C(=O)NCC(=O)N[C@@H](CC(=O)O)C(=O)N[C@@H](CO)C(=O)N[C@@H](CO)C(=O)O. The summed E-state index contributed by atoms with van der Waals surface area (Å²) >= 11 is 0. The highest BCUT2D eigenvalue weighted by atomic mass is 16.4. The number of carboxylic acid groups (broad SMARTS) is 2. The molecule has 1 aromatic carbocycles. The van der Waals surface area contributed by atoms with Crippen molar-refractivity contribution in [3.05, 3.63) is 35.9 Å². The summed E-state index contributed by atoms with van der Waals surface area (Å²) in [6.07, 6.45) is -1.33. The Morgan fingerprint density at radius 2 is 1.29 bits per heavy atom. The molecule has 360 valence electrons. The molecular formula is C38H58N12O15. The Morgan fingerprint density at radius 1 is 0.723 bits per heavy atom. The van der Waals surface area contributed by atoms with Gasteiger partial charge in [0, 0.05) is 13.0 Å². The van der Waals surface area contributed by atoms with Crippen LogP contribution in [-0.2, 0) is 54.4 Å². The number of aliphatic imine (C=N–C) groups is 1. The third-order valence-electron chi connectivity index (χ3n) is 9.44. The number of aliphatic carboxylic acids is 2. The van der Waals surface area contributed by atoms with Crippen LogP contribution < -0.4 is 59.3 Å². The predicted molar refractivity (Wildman–Crippen MR) is 224 cm³/mol. The van der Waals surface area contributed by atoms with Crippen molar-refractivity contribution < 1.29 is 73.5 Å². The molecule has 1 fully saturated rings. The number of rotatable bonds is 28. The molecule has 8 atom stereocenters. The van der Waals surface area contributed by atoms with E-state index >= 15 is 0 Å². The molecule has 27 heteroatoms. The molecule has 1 heterocycles. The zero-order valence-corrected chi connectivity index (χ0v) is 35.4. The van der Waals surface area contributed by atoms with Gasteiger partial charge < -0.3 is 84.9 Å². The number of hydrogen-bond acceptors (Lipinski definition) is 15. The van der Waals surface area contributed by atoms with Crippen LogP contribution in [0.3, 0.4) is 0 Å². The number of carbonyl (C=O) groups excluding carboxylic acids is 8. The minimum Gasteiger partial charge on any atom is -0.481 e. The molecular weight excluding hydrogens is 864 g/mol. The molecule has 18 N–H and O–H groups in total. The van der Waals surface area contributed by atoms with E-state index in [0.29, 0.717) is 13.0 Å². The van der Waals surface area contributed by atoms with Gasteiger partial charge in [-0.25, -0.2) is 4.79 Å². The van der Waals surface area contributed by atoms with Gasteiger partial charge in [0.1, 0.15) is 36.3 Å². The van der Waals surface area contributed by atoms with E-state index in [9.17, 15) is 63.3 Å². The first-order chi connectivity index (χ1) is 30.7. The molecule has 65 heavy (non-hydrogen) atoms. The quantitative estimate of drug-likeness (QED) is 0.0211. The van der Waals surface area contributed by atoms with Gasteiger partial charge in [-0.1, -0.05) is 30.3 Å². The largest absolute Gasteiger partial charge is 0.481 e. The smallest absolute Gasteiger partial charge is 0.328 e. The molecule has 2 rings (SSSR count). The summed E-state index contributed by atoms with van der Waals surface area (Å²) in [6, 6.07) is -1.55. The highest BCUT2D eigenvalue weighted by molar-refractivity contribution is 5.97. The average molecular weight is 923 g/mol. The van der Waals surface area contributed by atoms with E-state index in [1.54, 1.807) is 30.3 Å². The Balaban J connectivity index is 2.12. The second-order valence-electron chi connectivity index (χ2n) is 14.7. The monoisotopic (exact) mass is 922 g/mol. The van der Waals surface area contributed by atoms with E-state index in [2.05, 4.69) is 36.9 Å². The second kappa shape index (κ2) is 28.0. The Hall–Kier alpha value is -6.97. The van der Waals surface area contributed by atoms with Crippen molar-refractivity contribution in [2.24, 2.45) is 16.5 Å². The number of hydrogen-bond donors (Lipinski definition) is 16. The van der Waals surface area contributed by atoms with Gasteiger partial charge in [-0.2, -0.15) is 0 Å². The van der Waals surface area contributed by atoms with Crippen molar-refractivity contribution in [3.63, 3.8) is 0 Å². The van der Waals surface area contributed by atoms with E-state index in [1.807, 2.05) is 16.0 Å². The minimum atomic E-state index is -1.91. The highest BCUT2D eigenvalue weighted by Crippen LogP contribution is 2.08. The molecule has 1 aliphatic rings. The minimum absolute atomic E-state index is 0.0303. The second-order valence-corrected chi connectivity index (χ2v) is 14.7. The number of carboxylic acids is 2. The molecule has 0 bridgehead atoms. The number of carbonyl (C=O) groups is 10.